The first-order chi connectivity index (χ1) is 10.4. The number of thiophene rings is 3. The summed E-state index contributed by atoms with van der Waals surface area (Å²) in [6.45, 7) is 3.21. The highest BCUT2D eigenvalue weighted by Crippen LogP contribution is 2.30. The molecule has 0 amide bonds. The molecule has 1 N–H and O–H groups in total. The Balaban J connectivity index is 1.63. The van der Waals surface area contributed by atoms with Gasteiger partial charge in [-0.15, -0.1) is 34.0 Å². The van der Waals surface area contributed by atoms with Crippen molar-refractivity contribution in [2.24, 2.45) is 0 Å². The monoisotopic (exact) mass is 333 g/mol. The summed E-state index contributed by atoms with van der Waals surface area (Å²) in [4.78, 5) is 4.23. The molecule has 3 aromatic heterocycles. The second-order valence-electron chi connectivity index (χ2n) is 5.02. The molecule has 0 radical (unpaired) electrons. The molecule has 21 heavy (non-hydrogen) atoms. The number of hydrogen-bond acceptors (Lipinski definition) is 4. The van der Waals surface area contributed by atoms with Crippen molar-refractivity contribution in [3.8, 4) is 10.4 Å². The van der Waals surface area contributed by atoms with Gasteiger partial charge in [-0.05, 0) is 40.8 Å². The molecule has 0 aromatic carbocycles. The Morgan fingerprint density at radius 2 is 1.95 bits per heavy atom. The van der Waals surface area contributed by atoms with E-state index in [-0.39, 0.29) is 0 Å². The molecule has 0 fully saturated rings. The van der Waals surface area contributed by atoms with E-state index < -0.39 is 0 Å². The molecule has 0 saturated carbocycles. The van der Waals surface area contributed by atoms with Crippen molar-refractivity contribution in [2.75, 3.05) is 0 Å². The van der Waals surface area contributed by atoms with Crippen LogP contribution >= 0.6 is 34.0 Å². The molecular weight excluding hydrogens is 314 g/mol. The Hall–Kier alpha value is -0.940. The van der Waals surface area contributed by atoms with Gasteiger partial charge in [-0.25, -0.2) is 0 Å². The number of hydrogen-bond donors (Lipinski definition) is 1. The summed E-state index contributed by atoms with van der Waals surface area (Å²) in [5, 5.41) is 10.3. The van der Waals surface area contributed by atoms with E-state index in [2.05, 4.69) is 58.7 Å². The molecular formula is C17H19NS3. The Morgan fingerprint density at radius 3 is 2.67 bits per heavy atom. The second kappa shape index (κ2) is 7.36. The Labute approximate surface area is 138 Å². The van der Waals surface area contributed by atoms with Crippen LogP contribution in [0.3, 0.4) is 0 Å². The summed E-state index contributed by atoms with van der Waals surface area (Å²) < 4.78 is 0. The van der Waals surface area contributed by atoms with E-state index in [0.717, 1.165) is 6.54 Å². The summed E-state index contributed by atoms with van der Waals surface area (Å²) in [5.41, 5.74) is 1.36. The molecule has 3 rings (SSSR count). The first-order valence-corrected chi connectivity index (χ1v) is 9.88. The second-order valence-corrected chi connectivity index (χ2v) is 7.94. The molecule has 0 aliphatic rings. The Morgan fingerprint density at radius 1 is 1.10 bits per heavy atom. The standard InChI is InChI=1S/C17H19NS3/c1-2-5-15(17-7-4-9-20-17)18-11-14-10-13(12-21-14)16-6-3-8-19-16/h3-4,6-10,12,15,18H,2,5,11H2,1H3. The minimum absolute atomic E-state index is 0.488. The van der Waals surface area contributed by atoms with Crippen LogP contribution in [0.5, 0.6) is 0 Å². The summed E-state index contributed by atoms with van der Waals surface area (Å²) >= 11 is 5.51. The van der Waals surface area contributed by atoms with Gasteiger partial charge in [0.15, 0.2) is 0 Å². The molecule has 1 nitrogen and oxygen atoms in total. The van der Waals surface area contributed by atoms with Gasteiger partial charge in [0.05, 0.1) is 0 Å². The highest BCUT2D eigenvalue weighted by molar-refractivity contribution is 7.14. The molecule has 4 heteroatoms. The van der Waals surface area contributed by atoms with Crippen molar-refractivity contribution in [2.45, 2.75) is 32.4 Å². The fourth-order valence-corrected chi connectivity index (χ4v) is 4.85. The topological polar surface area (TPSA) is 12.0 Å². The van der Waals surface area contributed by atoms with Gasteiger partial charge in [0, 0.05) is 32.8 Å². The zero-order valence-electron chi connectivity index (χ0n) is 12.0. The maximum atomic E-state index is 3.72. The van der Waals surface area contributed by atoms with E-state index in [1.165, 1.54) is 33.0 Å². The fraction of sp³-hybridized carbons (Fsp3) is 0.294. The van der Waals surface area contributed by atoms with Gasteiger partial charge in [-0.2, -0.15) is 0 Å². The van der Waals surface area contributed by atoms with E-state index in [1.807, 2.05) is 34.0 Å². The third-order valence-corrected chi connectivity index (χ3v) is 6.29. The van der Waals surface area contributed by atoms with Crippen LogP contribution in [0.25, 0.3) is 10.4 Å². The van der Waals surface area contributed by atoms with Crippen molar-refractivity contribution in [1.29, 1.82) is 0 Å². The van der Waals surface area contributed by atoms with Crippen LogP contribution < -0.4 is 5.32 Å². The van der Waals surface area contributed by atoms with E-state index >= 15 is 0 Å². The smallest absolute Gasteiger partial charge is 0.0417 e. The summed E-state index contributed by atoms with van der Waals surface area (Å²) in [6, 6.07) is 11.5. The first-order valence-electron chi connectivity index (χ1n) is 7.25. The van der Waals surface area contributed by atoms with E-state index in [1.54, 1.807) is 0 Å². The lowest BCUT2D eigenvalue weighted by molar-refractivity contribution is 0.503. The maximum Gasteiger partial charge on any atom is 0.0417 e. The van der Waals surface area contributed by atoms with Gasteiger partial charge < -0.3 is 5.32 Å². The van der Waals surface area contributed by atoms with Crippen molar-refractivity contribution < 1.29 is 0 Å². The predicted molar refractivity (Wildman–Crippen MR) is 96.4 cm³/mol. The molecule has 0 spiro atoms. The largest absolute Gasteiger partial charge is 0.304 e. The molecule has 0 bridgehead atoms. The van der Waals surface area contributed by atoms with Crippen LogP contribution in [-0.2, 0) is 6.54 Å². The van der Waals surface area contributed by atoms with Gasteiger partial charge in [-0.3, -0.25) is 0 Å². The lowest BCUT2D eigenvalue weighted by Gasteiger charge is -2.16. The zero-order chi connectivity index (χ0) is 14.5. The molecule has 110 valence electrons. The highest BCUT2D eigenvalue weighted by Gasteiger charge is 2.11. The van der Waals surface area contributed by atoms with Gasteiger partial charge >= 0.3 is 0 Å². The van der Waals surface area contributed by atoms with Gasteiger partial charge in [0.1, 0.15) is 0 Å². The Kier molecular flexibility index (Phi) is 5.25. The summed E-state index contributed by atoms with van der Waals surface area (Å²) in [5.74, 6) is 0. The van der Waals surface area contributed by atoms with Crippen LogP contribution in [0.15, 0.2) is 46.5 Å². The van der Waals surface area contributed by atoms with E-state index in [9.17, 15) is 0 Å². The summed E-state index contributed by atoms with van der Waals surface area (Å²) in [7, 11) is 0. The van der Waals surface area contributed by atoms with Crippen LogP contribution in [-0.4, -0.2) is 0 Å². The minimum atomic E-state index is 0.488. The molecule has 1 unspecified atom stereocenters. The normalized spacial score (nSPS) is 12.6. The van der Waals surface area contributed by atoms with Gasteiger partial charge in [0.2, 0.25) is 0 Å². The van der Waals surface area contributed by atoms with Crippen LogP contribution in [0.1, 0.15) is 35.6 Å². The molecule has 0 aliphatic carbocycles. The fourth-order valence-electron chi connectivity index (χ4n) is 2.39. The van der Waals surface area contributed by atoms with Gasteiger partial charge in [0.25, 0.3) is 0 Å². The van der Waals surface area contributed by atoms with Crippen molar-refractivity contribution in [3.05, 3.63) is 56.2 Å². The van der Waals surface area contributed by atoms with Crippen molar-refractivity contribution >= 4 is 34.0 Å². The third-order valence-electron chi connectivity index (χ3n) is 3.45. The highest BCUT2D eigenvalue weighted by atomic mass is 32.1. The maximum absolute atomic E-state index is 3.72. The number of rotatable bonds is 7. The molecule has 0 saturated heterocycles. The van der Waals surface area contributed by atoms with E-state index in [4.69, 9.17) is 0 Å². The van der Waals surface area contributed by atoms with Crippen LogP contribution in [0.2, 0.25) is 0 Å². The van der Waals surface area contributed by atoms with Crippen LogP contribution in [0, 0.1) is 0 Å². The molecule has 3 aromatic rings. The van der Waals surface area contributed by atoms with Crippen molar-refractivity contribution in [1.82, 2.24) is 5.32 Å². The lowest BCUT2D eigenvalue weighted by Crippen LogP contribution is -2.19. The molecule has 1 atom stereocenters. The van der Waals surface area contributed by atoms with Crippen LogP contribution in [0.4, 0.5) is 0 Å². The lowest BCUT2D eigenvalue weighted by atomic mass is 10.1. The van der Waals surface area contributed by atoms with Gasteiger partial charge in [-0.1, -0.05) is 25.5 Å². The first kappa shape index (κ1) is 15.0. The SMILES string of the molecule is CCCC(NCc1cc(-c2cccs2)cs1)c1cccs1. The average molecular weight is 334 g/mol. The van der Waals surface area contributed by atoms with Crippen molar-refractivity contribution in [3.63, 3.8) is 0 Å². The third kappa shape index (κ3) is 3.83. The van der Waals surface area contributed by atoms with E-state index in [0.29, 0.717) is 6.04 Å². The number of nitrogens with one attached hydrogen (secondary N) is 1. The predicted octanol–water partition coefficient (Wildman–Crippen LogP) is 6.17. The quantitative estimate of drug-likeness (QED) is 0.545. The minimum Gasteiger partial charge on any atom is -0.304 e. The Bertz CT molecular complexity index is 637. The summed E-state index contributed by atoms with van der Waals surface area (Å²) in [6.07, 6.45) is 2.41. The average Bonchev–Trinajstić information content (AvgIpc) is 3.25. The molecule has 3 heterocycles. The zero-order valence-corrected chi connectivity index (χ0v) is 14.5. The molecule has 0 aliphatic heterocycles.